The van der Waals surface area contributed by atoms with Crippen molar-refractivity contribution in [3.8, 4) is 0 Å². The van der Waals surface area contributed by atoms with E-state index >= 15 is 0 Å². The molecule has 0 aromatic rings. The molecule has 7 heteroatoms. The summed E-state index contributed by atoms with van der Waals surface area (Å²) in [6.45, 7) is 3.78. The van der Waals surface area contributed by atoms with E-state index in [1.807, 2.05) is 6.08 Å². The molecule has 2 unspecified atom stereocenters. The van der Waals surface area contributed by atoms with Crippen molar-refractivity contribution < 1.29 is 23.4 Å². The second kappa shape index (κ2) is 8.61. The van der Waals surface area contributed by atoms with Crippen LogP contribution in [0.3, 0.4) is 0 Å². The van der Waals surface area contributed by atoms with Crippen LogP contribution in [0.4, 0.5) is 0 Å². The summed E-state index contributed by atoms with van der Waals surface area (Å²) in [7, 11) is 1.09. The lowest BCUT2D eigenvalue weighted by Crippen LogP contribution is -2.39. The molecule has 2 fully saturated rings. The Morgan fingerprint density at radius 1 is 1.33 bits per heavy atom. The Hall–Kier alpha value is -0.780. The van der Waals surface area contributed by atoms with Gasteiger partial charge < -0.3 is 18.6 Å². The maximum atomic E-state index is 11.6. The van der Waals surface area contributed by atoms with Crippen LogP contribution in [0.5, 0.6) is 0 Å². The molecule has 0 aliphatic carbocycles. The van der Waals surface area contributed by atoms with Gasteiger partial charge in [0.1, 0.15) is 0 Å². The molecule has 0 aromatic carbocycles. The van der Waals surface area contributed by atoms with Crippen molar-refractivity contribution in [2.45, 2.75) is 63.4 Å². The Balaban J connectivity index is 1.96. The quantitative estimate of drug-likeness (QED) is 0.591. The number of carbonyl (C=O) groups excluding carboxylic acids is 1. The zero-order chi connectivity index (χ0) is 15.1. The molecule has 116 valence electrons. The standard InChI is InChI=1S/C14H24B2O5/c1-3-6-12-7-4-10-16-20-13(11-14(17)21-16)8-5-9-15(18-2)19-12/h3,12-13H,1,4-11H2,2H3. The first kappa shape index (κ1) is 16.6. The normalized spacial score (nSPS) is 28.3. The molecule has 0 radical (unpaired) electrons. The van der Waals surface area contributed by atoms with E-state index in [9.17, 15) is 4.79 Å². The molecule has 2 aliphatic rings. The first-order valence-electron chi connectivity index (χ1n) is 7.85. The monoisotopic (exact) mass is 294 g/mol. The Morgan fingerprint density at radius 3 is 2.90 bits per heavy atom. The van der Waals surface area contributed by atoms with Gasteiger partial charge in [-0.3, -0.25) is 4.79 Å². The average molecular weight is 294 g/mol. The molecule has 0 spiro atoms. The van der Waals surface area contributed by atoms with Crippen LogP contribution in [0, 0.1) is 0 Å². The lowest BCUT2D eigenvalue weighted by Gasteiger charge is -2.29. The summed E-state index contributed by atoms with van der Waals surface area (Å²) in [5.74, 6) is -0.143. The molecule has 5 nitrogen and oxygen atoms in total. The fraction of sp³-hybridized carbons (Fsp3) is 0.786. The second-order valence-electron chi connectivity index (χ2n) is 5.69. The first-order valence-corrected chi connectivity index (χ1v) is 7.85. The smallest absolute Gasteiger partial charge is 0.509 e. The van der Waals surface area contributed by atoms with Crippen LogP contribution in [-0.4, -0.2) is 39.5 Å². The highest BCUT2D eigenvalue weighted by molar-refractivity contribution is 6.47. The highest BCUT2D eigenvalue weighted by atomic mass is 16.6. The van der Waals surface area contributed by atoms with Crippen molar-refractivity contribution in [1.29, 1.82) is 0 Å². The van der Waals surface area contributed by atoms with Crippen LogP contribution in [0.2, 0.25) is 12.6 Å². The molecule has 0 aromatic heterocycles. The number of carbonyl (C=O) groups is 1. The van der Waals surface area contributed by atoms with E-state index in [0.717, 1.165) is 44.7 Å². The van der Waals surface area contributed by atoms with Gasteiger partial charge in [0.2, 0.25) is 0 Å². The lowest BCUT2D eigenvalue weighted by molar-refractivity contribution is -0.142. The van der Waals surface area contributed by atoms with Crippen molar-refractivity contribution >= 4 is 20.2 Å². The van der Waals surface area contributed by atoms with Crippen LogP contribution in [0.15, 0.2) is 12.7 Å². The molecule has 2 atom stereocenters. The van der Waals surface area contributed by atoms with Gasteiger partial charge in [-0.05, 0) is 31.9 Å². The second-order valence-corrected chi connectivity index (χ2v) is 5.69. The van der Waals surface area contributed by atoms with E-state index in [1.54, 1.807) is 7.11 Å². The average Bonchev–Trinajstić information content (AvgIpc) is 2.44. The van der Waals surface area contributed by atoms with Crippen molar-refractivity contribution in [3.63, 3.8) is 0 Å². The molecule has 0 N–H and O–H groups in total. The minimum atomic E-state index is -0.390. The molecular weight excluding hydrogens is 270 g/mol. The molecule has 2 rings (SSSR count). The fourth-order valence-corrected chi connectivity index (χ4v) is 2.88. The molecule has 0 saturated carbocycles. The third-order valence-corrected chi connectivity index (χ3v) is 3.97. The van der Waals surface area contributed by atoms with E-state index in [0.29, 0.717) is 6.42 Å². The van der Waals surface area contributed by atoms with Crippen LogP contribution in [-0.2, 0) is 23.4 Å². The third kappa shape index (κ3) is 5.49. The van der Waals surface area contributed by atoms with Gasteiger partial charge in [-0.15, -0.1) is 6.58 Å². The summed E-state index contributed by atoms with van der Waals surface area (Å²) in [4.78, 5) is 11.6. The minimum absolute atomic E-state index is 0.0304. The van der Waals surface area contributed by atoms with E-state index < -0.39 is 7.12 Å². The molecule has 0 amide bonds. The predicted molar refractivity (Wildman–Crippen MR) is 81.9 cm³/mol. The van der Waals surface area contributed by atoms with Gasteiger partial charge >= 0.3 is 14.2 Å². The first-order chi connectivity index (χ1) is 10.2. The zero-order valence-electron chi connectivity index (χ0n) is 12.8. The maximum absolute atomic E-state index is 11.6. The van der Waals surface area contributed by atoms with E-state index in [1.165, 1.54) is 0 Å². The molecule has 2 heterocycles. The third-order valence-electron chi connectivity index (χ3n) is 3.97. The summed E-state index contributed by atoms with van der Waals surface area (Å²) in [5, 5.41) is 0. The molecule has 2 saturated heterocycles. The van der Waals surface area contributed by atoms with Crippen molar-refractivity contribution in [3.05, 3.63) is 12.7 Å². The molecular formula is C14H24B2O5. The zero-order valence-corrected chi connectivity index (χ0v) is 12.8. The summed E-state index contributed by atoms with van der Waals surface area (Å²) >= 11 is 0. The maximum Gasteiger partial charge on any atom is 0.527 e. The van der Waals surface area contributed by atoms with Gasteiger partial charge in [-0.25, -0.2) is 0 Å². The van der Waals surface area contributed by atoms with Crippen LogP contribution < -0.4 is 0 Å². The SMILES string of the molecule is C=CCC1CCCB2OC(=O)CC(CCCB(OC)O1)O2. The van der Waals surface area contributed by atoms with Gasteiger partial charge in [0.25, 0.3) is 5.97 Å². The van der Waals surface area contributed by atoms with Gasteiger partial charge in [0, 0.05) is 13.2 Å². The molecule has 2 aliphatic heterocycles. The molecule has 2 bridgehead atoms. The summed E-state index contributed by atoms with van der Waals surface area (Å²) in [5.41, 5.74) is 0. The van der Waals surface area contributed by atoms with Gasteiger partial charge in [-0.2, -0.15) is 0 Å². The Kier molecular flexibility index (Phi) is 6.80. The van der Waals surface area contributed by atoms with Crippen LogP contribution in [0.25, 0.3) is 0 Å². The predicted octanol–water partition coefficient (Wildman–Crippen LogP) is 2.48. The topological polar surface area (TPSA) is 54.0 Å². The number of fused-ring (bicyclic) bond motifs is 2. The summed E-state index contributed by atoms with van der Waals surface area (Å²) in [6.07, 6.45) is 8.14. The van der Waals surface area contributed by atoms with Crippen LogP contribution in [0.1, 0.15) is 38.5 Å². The Labute approximate surface area is 127 Å². The molecule has 21 heavy (non-hydrogen) atoms. The van der Waals surface area contributed by atoms with E-state index in [2.05, 4.69) is 6.58 Å². The van der Waals surface area contributed by atoms with Gasteiger partial charge in [0.05, 0.1) is 12.5 Å². The number of rotatable bonds is 3. The minimum Gasteiger partial charge on any atom is -0.509 e. The van der Waals surface area contributed by atoms with Crippen molar-refractivity contribution in [2.24, 2.45) is 0 Å². The highest BCUT2D eigenvalue weighted by Crippen LogP contribution is 2.23. The summed E-state index contributed by atoms with van der Waals surface area (Å²) in [6, 6.07) is 0. The van der Waals surface area contributed by atoms with E-state index in [4.69, 9.17) is 18.6 Å². The van der Waals surface area contributed by atoms with Gasteiger partial charge in [0.15, 0.2) is 0 Å². The highest BCUT2D eigenvalue weighted by Gasteiger charge is 2.34. The van der Waals surface area contributed by atoms with Crippen molar-refractivity contribution in [2.75, 3.05) is 7.11 Å². The largest absolute Gasteiger partial charge is 0.527 e. The van der Waals surface area contributed by atoms with Crippen molar-refractivity contribution in [1.82, 2.24) is 0 Å². The Bertz CT molecular complexity index is 352. The number of hydrogen-bond acceptors (Lipinski definition) is 5. The Morgan fingerprint density at radius 2 is 2.14 bits per heavy atom. The van der Waals surface area contributed by atoms with Gasteiger partial charge in [-0.1, -0.05) is 18.9 Å². The lowest BCUT2D eigenvalue weighted by atomic mass is 9.77. The fourth-order valence-electron chi connectivity index (χ4n) is 2.88. The van der Waals surface area contributed by atoms with E-state index in [-0.39, 0.29) is 25.3 Å². The summed E-state index contributed by atoms with van der Waals surface area (Å²) < 4.78 is 22.5. The van der Waals surface area contributed by atoms with Crippen LogP contribution >= 0.6 is 0 Å². The number of hydrogen-bond donors (Lipinski definition) is 0.